The lowest BCUT2D eigenvalue weighted by atomic mass is 10.0. The highest BCUT2D eigenvalue weighted by Crippen LogP contribution is 2.19. The van der Waals surface area contributed by atoms with E-state index in [1.54, 1.807) is 6.92 Å². The summed E-state index contributed by atoms with van der Waals surface area (Å²) in [4.78, 5) is 10.9. The molecule has 0 saturated heterocycles. The number of nitrogens with zero attached hydrogens (tertiary/aromatic N) is 2. The molecular weight excluding hydrogens is 376 g/mol. The minimum Gasteiger partial charge on any atom is -0.487 e. The van der Waals surface area contributed by atoms with Crippen LogP contribution in [0.4, 0.5) is 0 Å². The molecule has 0 fully saturated rings. The fourth-order valence-corrected chi connectivity index (χ4v) is 3.00. The van der Waals surface area contributed by atoms with Crippen molar-refractivity contribution in [2.75, 3.05) is 0 Å². The van der Waals surface area contributed by atoms with Crippen LogP contribution in [0.1, 0.15) is 30.3 Å². The quantitative estimate of drug-likeness (QED) is 0.575. The highest BCUT2D eigenvalue weighted by Gasteiger charge is 2.11. The molecule has 1 unspecified atom stereocenters. The Bertz CT molecular complexity index is 933. The monoisotopic (exact) mass is 398 g/mol. The predicted octanol–water partition coefficient (Wildman–Crippen LogP) is 5.07. The third kappa shape index (κ3) is 5.14. The zero-order valence-electron chi connectivity index (χ0n) is 15.9. The molecule has 0 aliphatic rings. The van der Waals surface area contributed by atoms with Gasteiger partial charge in [-0.15, -0.1) is 0 Å². The zero-order chi connectivity index (χ0) is 20.1. The van der Waals surface area contributed by atoms with Gasteiger partial charge >= 0.3 is 5.97 Å². The van der Waals surface area contributed by atoms with Crippen molar-refractivity contribution in [3.8, 4) is 11.4 Å². The average molecular weight is 399 g/mol. The third-order valence-corrected chi connectivity index (χ3v) is 4.83. The summed E-state index contributed by atoms with van der Waals surface area (Å²) in [6, 6.07) is 17.3. The van der Waals surface area contributed by atoms with E-state index >= 15 is 0 Å². The first-order chi connectivity index (χ1) is 13.4. The summed E-state index contributed by atoms with van der Waals surface area (Å²) >= 11 is 5.97. The number of aliphatic carboxylic acids is 1. The van der Waals surface area contributed by atoms with E-state index in [-0.39, 0.29) is 5.92 Å². The van der Waals surface area contributed by atoms with Gasteiger partial charge < -0.3 is 9.84 Å². The van der Waals surface area contributed by atoms with Gasteiger partial charge in [0.2, 0.25) is 0 Å². The van der Waals surface area contributed by atoms with Crippen LogP contribution in [0.5, 0.6) is 5.75 Å². The van der Waals surface area contributed by atoms with Crippen LogP contribution in [-0.2, 0) is 17.8 Å². The second-order valence-corrected chi connectivity index (χ2v) is 7.31. The minimum absolute atomic E-state index is 0.340. The summed E-state index contributed by atoms with van der Waals surface area (Å²) < 4.78 is 7.78. The van der Waals surface area contributed by atoms with Crippen LogP contribution in [0.15, 0.2) is 54.6 Å². The molecule has 0 radical (unpaired) electrons. The number of ether oxygens (including phenoxy) is 1. The van der Waals surface area contributed by atoms with E-state index in [0.717, 1.165) is 34.8 Å². The molecule has 6 heteroatoms. The number of hydrogen-bond donors (Lipinski definition) is 1. The van der Waals surface area contributed by atoms with E-state index < -0.39 is 5.97 Å². The van der Waals surface area contributed by atoms with Gasteiger partial charge in [-0.05, 0) is 67.8 Å². The zero-order valence-corrected chi connectivity index (χ0v) is 16.7. The molecular formula is C22H23ClN2O3. The van der Waals surface area contributed by atoms with Gasteiger partial charge in [0.25, 0.3) is 0 Å². The summed E-state index contributed by atoms with van der Waals surface area (Å²) in [7, 11) is 0. The Labute approximate surface area is 169 Å². The largest absolute Gasteiger partial charge is 0.487 e. The van der Waals surface area contributed by atoms with Crippen LogP contribution >= 0.6 is 11.6 Å². The Morgan fingerprint density at radius 3 is 2.50 bits per heavy atom. The van der Waals surface area contributed by atoms with Crippen molar-refractivity contribution < 1.29 is 14.6 Å². The van der Waals surface area contributed by atoms with Crippen LogP contribution in [0.2, 0.25) is 5.02 Å². The molecule has 0 aliphatic carbocycles. The molecule has 5 nitrogen and oxygen atoms in total. The lowest BCUT2D eigenvalue weighted by Gasteiger charge is -2.10. The van der Waals surface area contributed by atoms with Crippen LogP contribution in [0.3, 0.4) is 0 Å². The van der Waals surface area contributed by atoms with Crippen LogP contribution in [-0.4, -0.2) is 20.9 Å². The first-order valence-electron chi connectivity index (χ1n) is 9.18. The van der Waals surface area contributed by atoms with Gasteiger partial charge in [-0.3, -0.25) is 4.79 Å². The topological polar surface area (TPSA) is 64.3 Å². The maximum absolute atomic E-state index is 10.9. The van der Waals surface area contributed by atoms with Gasteiger partial charge in [-0.25, -0.2) is 4.68 Å². The Kier molecular flexibility index (Phi) is 6.37. The smallest absolute Gasteiger partial charge is 0.306 e. The second kappa shape index (κ2) is 8.93. The number of aryl methyl sites for hydroxylation is 2. The molecule has 0 aliphatic heterocycles. The number of rotatable bonds is 8. The molecule has 28 heavy (non-hydrogen) atoms. The van der Waals surface area contributed by atoms with Gasteiger partial charge in [-0.1, -0.05) is 30.7 Å². The number of carboxylic acid groups (broad SMARTS) is 1. The number of carbonyl (C=O) groups is 1. The van der Waals surface area contributed by atoms with Crippen LogP contribution in [0, 0.1) is 12.8 Å². The van der Waals surface area contributed by atoms with E-state index in [4.69, 9.17) is 21.4 Å². The van der Waals surface area contributed by atoms with Crippen LogP contribution < -0.4 is 4.74 Å². The molecule has 1 aromatic heterocycles. The van der Waals surface area contributed by atoms with Gasteiger partial charge in [0.15, 0.2) is 0 Å². The summed E-state index contributed by atoms with van der Waals surface area (Å²) in [6.45, 7) is 4.06. The normalized spacial score (nSPS) is 12.0. The Morgan fingerprint density at radius 1 is 1.18 bits per heavy atom. The number of benzene rings is 2. The number of aromatic nitrogens is 2. The van der Waals surface area contributed by atoms with Gasteiger partial charge in [-0.2, -0.15) is 5.10 Å². The van der Waals surface area contributed by atoms with Gasteiger partial charge in [0.1, 0.15) is 12.4 Å². The Morgan fingerprint density at radius 2 is 1.86 bits per heavy atom. The van der Waals surface area contributed by atoms with E-state index in [0.29, 0.717) is 18.1 Å². The first kappa shape index (κ1) is 20.0. The molecule has 1 heterocycles. The summed E-state index contributed by atoms with van der Waals surface area (Å²) in [5.41, 5.74) is 3.89. The average Bonchev–Trinajstić information content (AvgIpc) is 3.06. The maximum Gasteiger partial charge on any atom is 0.306 e. The number of carboxylic acids is 1. The van der Waals surface area contributed by atoms with E-state index in [1.807, 2.05) is 66.2 Å². The van der Waals surface area contributed by atoms with Crippen molar-refractivity contribution in [3.63, 3.8) is 0 Å². The second-order valence-electron chi connectivity index (χ2n) is 6.88. The van der Waals surface area contributed by atoms with Crippen molar-refractivity contribution in [2.45, 2.75) is 33.3 Å². The maximum atomic E-state index is 10.9. The van der Waals surface area contributed by atoms with Crippen molar-refractivity contribution >= 4 is 17.6 Å². The molecule has 0 spiro atoms. The molecule has 146 valence electrons. The molecule has 3 aromatic rings. The number of hydrogen-bond acceptors (Lipinski definition) is 3. The Balaban J connectivity index is 1.63. The lowest BCUT2D eigenvalue weighted by molar-refractivity contribution is -0.141. The first-order valence-corrected chi connectivity index (χ1v) is 9.56. The standard InChI is InChI=1S/C22H23ClN2O3/c1-15(22(26)27)3-4-17-5-11-21(12-6-17)28-14-20-13-16(2)24-25(20)19-9-7-18(23)8-10-19/h5-13,15H,3-4,14H2,1-2H3,(H,26,27). The van der Waals surface area contributed by atoms with Crippen molar-refractivity contribution in [1.29, 1.82) is 0 Å². The molecule has 3 rings (SSSR count). The van der Waals surface area contributed by atoms with Gasteiger partial charge in [0, 0.05) is 5.02 Å². The van der Waals surface area contributed by atoms with Crippen LogP contribution in [0.25, 0.3) is 5.69 Å². The summed E-state index contributed by atoms with van der Waals surface area (Å²) in [5.74, 6) is -0.337. The van der Waals surface area contributed by atoms with E-state index in [9.17, 15) is 4.79 Å². The summed E-state index contributed by atoms with van der Waals surface area (Å²) in [5, 5.41) is 14.2. The SMILES string of the molecule is Cc1cc(COc2ccc(CCC(C)C(=O)O)cc2)n(-c2ccc(Cl)cc2)n1. The Hall–Kier alpha value is -2.79. The third-order valence-electron chi connectivity index (χ3n) is 4.57. The van der Waals surface area contributed by atoms with Gasteiger partial charge in [0.05, 0.1) is 23.0 Å². The summed E-state index contributed by atoms with van der Waals surface area (Å²) in [6.07, 6.45) is 1.35. The van der Waals surface area contributed by atoms with Crippen molar-refractivity contribution in [2.24, 2.45) is 5.92 Å². The molecule has 2 aromatic carbocycles. The van der Waals surface area contributed by atoms with Crippen molar-refractivity contribution in [3.05, 3.63) is 76.6 Å². The molecule has 0 bridgehead atoms. The van der Waals surface area contributed by atoms with Crippen molar-refractivity contribution in [1.82, 2.24) is 9.78 Å². The highest BCUT2D eigenvalue weighted by atomic mass is 35.5. The lowest BCUT2D eigenvalue weighted by Crippen LogP contribution is -2.10. The number of halogens is 1. The molecule has 1 N–H and O–H groups in total. The van der Waals surface area contributed by atoms with E-state index in [1.165, 1.54) is 0 Å². The minimum atomic E-state index is -0.757. The molecule has 1 atom stereocenters. The predicted molar refractivity (Wildman–Crippen MR) is 109 cm³/mol. The fraction of sp³-hybridized carbons (Fsp3) is 0.273. The fourth-order valence-electron chi connectivity index (χ4n) is 2.88. The molecule has 0 amide bonds. The van der Waals surface area contributed by atoms with E-state index in [2.05, 4.69) is 5.10 Å². The highest BCUT2D eigenvalue weighted by molar-refractivity contribution is 6.30. The molecule has 0 saturated carbocycles.